The van der Waals surface area contributed by atoms with Gasteiger partial charge in [-0.3, -0.25) is 9.69 Å². The van der Waals surface area contributed by atoms with E-state index < -0.39 is 0 Å². The molecule has 1 unspecified atom stereocenters. The number of rotatable bonds is 4. The zero-order valence-corrected chi connectivity index (χ0v) is 11.3. The van der Waals surface area contributed by atoms with E-state index in [0.717, 1.165) is 32.8 Å². The van der Waals surface area contributed by atoms with Crippen molar-refractivity contribution < 1.29 is 9.53 Å². The topological polar surface area (TPSA) is 67.6 Å². The van der Waals surface area contributed by atoms with E-state index in [1.165, 1.54) is 0 Å². The van der Waals surface area contributed by atoms with Crippen LogP contribution >= 0.6 is 0 Å². The summed E-state index contributed by atoms with van der Waals surface area (Å²) in [6.07, 6.45) is 0. The van der Waals surface area contributed by atoms with E-state index in [9.17, 15) is 4.79 Å². The lowest BCUT2D eigenvalue weighted by atomic mass is 10.1. The summed E-state index contributed by atoms with van der Waals surface area (Å²) in [4.78, 5) is 14.4. The summed E-state index contributed by atoms with van der Waals surface area (Å²) < 4.78 is 5.30. The number of nitrogens with two attached hydrogens (primary N) is 1. The number of nitrogen functional groups attached to an aromatic ring is 1. The summed E-state index contributed by atoms with van der Waals surface area (Å²) in [5.41, 5.74) is 6.84. The molecule has 1 heterocycles. The molecule has 0 aliphatic carbocycles. The summed E-state index contributed by atoms with van der Waals surface area (Å²) in [5, 5.41) is 2.98. The Kier molecular flexibility index (Phi) is 4.76. The molecule has 0 spiro atoms. The van der Waals surface area contributed by atoms with Crippen molar-refractivity contribution in [1.29, 1.82) is 0 Å². The molecule has 0 aromatic heterocycles. The largest absolute Gasteiger partial charge is 0.398 e. The fourth-order valence-corrected chi connectivity index (χ4v) is 2.22. The number of anilines is 1. The van der Waals surface area contributed by atoms with Gasteiger partial charge in [0.05, 0.1) is 18.8 Å². The summed E-state index contributed by atoms with van der Waals surface area (Å²) in [6, 6.07) is 7.21. The van der Waals surface area contributed by atoms with E-state index in [1.54, 1.807) is 12.1 Å². The summed E-state index contributed by atoms with van der Waals surface area (Å²) in [6.45, 7) is 6.23. The molecule has 0 saturated carbocycles. The Balaban J connectivity index is 1.86. The Bertz CT molecular complexity index is 430. The molecule has 2 rings (SSSR count). The van der Waals surface area contributed by atoms with Crippen LogP contribution in [0.1, 0.15) is 17.3 Å². The van der Waals surface area contributed by atoms with Crippen molar-refractivity contribution in [1.82, 2.24) is 10.2 Å². The van der Waals surface area contributed by atoms with Crippen LogP contribution in [0.25, 0.3) is 0 Å². The van der Waals surface area contributed by atoms with Gasteiger partial charge in [0.25, 0.3) is 5.91 Å². The number of morpholine rings is 1. The second-order valence-electron chi connectivity index (χ2n) is 4.87. The molecule has 1 aliphatic heterocycles. The number of nitrogens with zero attached hydrogens (tertiary/aromatic N) is 1. The Labute approximate surface area is 113 Å². The van der Waals surface area contributed by atoms with E-state index in [4.69, 9.17) is 10.5 Å². The minimum Gasteiger partial charge on any atom is -0.398 e. The third kappa shape index (κ3) is 3.94. The molecule has 1 aromatic rings. The molecule has 104 valence electrons. The number of nitrogens with one attached hydrogen (secondary N) is 1. The lowest BCUT2D eigenvalue weighted by Gasteiger charge is -2.29. The maximum Gasteiger partial charge on any atom is 0.253 e. The molecule has 0 radical (unpaired) electrons. The summed E-state index contributed by atoms with van der Waals surface area (Å²) in [7, 11) is 0. The van der Waals surface area contributed by atoms with Gasteiger partial charge in [-0.05, 0) is 19.1 Å². The lowest BCUT2D eigenvalue weighted by Crippen LogP contribution is -2.46. The second-order valence-corrected chi connectivity index (χ2v) is 4.87. The van der Waals surface area contributed by atoms with Crippen molar-refractivity contribution in [2.75, 3.05) is 38.6 Å². The monoisotopic (exact) mass is 263 g/mol. The maximum absolute atomic E-state index is 12.1. The first kappa shape index (κ1) is 13.8. The van der Waals surface area contributed by atoms with Gasteiger partial charge in [-0.2, -0.15) is 0 Å². The average molecular weight is 263 g/mol. The predicted octanol–water partition coefficient (Wildman–Crippen LogP) is 0.719. The van der Waals surface area contributed by atoms with Gasteiger partial charge in [-0.15, -0.1) is 0 Å². The smallest absolute Gasteiger partial charge is 0.253 e. The van der Waals surface area contributed by atoms with Gasteiger partial charge in [0.2, 0.25) is 0 Å². The van der Waals surface area contributed by atoms with E-state index >= 15 is 0 Å². The molecule has 1 atom stereocenters. The van der Waals surface area contributed by atoms with Crippen LogP contribution in [0.15, 0.2) is 24.3 Å². The zero-order chi connectivity index (χ0) is 13.7. The van der Waals surface area contributed by atoms with Crippen LogP contribution in [-0.4, -0.2) is 49.7 Å². The molecule has 1 saturated heterocycles. The Morgan fingerprint density at radius 3 is 2.79 bits per heavy atom. The van der Waals surface area contributed by atoms with E-state index in [2.05, 4.69) is 10.2 Å². The predicted molar refractivity (Wildman–Crippen MR) is 75.0 cm³/mol. The van der Waals surface area contributed by atoms with Crippen LogP contribution in [0.4, 0.5) is 5.69 Å². The number of benzene rings is 1. The number of amides is 1. The van der Waals surface area contributed by atoms with Crippen LogP contribution < -0.4 is 11.1 Å². The third-order valence-corrected chi connectivity index (χ3v) is 3.22. The first-order chi connectivity index (χ1) is 9.16. The highest BCUT2D eigenvalue weighted by molar-refractivity contribution is 5.99. The van der Waals surface area contributed by atoms with Gasteiger partial charge in [0, 0.05) is 31.4 Å². The molecule has 5 nitrogen and oxygen atoms in total. The number of carbonyl (C=O) groups excluding carboxylic acids is 1. The van der Waals surface area contributed by atoms with E-state index in [1.807, 2.05) is 19.1 Å². The number of carbonyl (C=O) groups is 1. The zero-order valence-electron chi connectivity index (χ0n) is 11.3. The van der Waals surface area contributed by atoms with Crippen molar-refractivity contribution in [2.45, 2.75) is 13.0 Å². The minimum absolute atomic E-state index is 0.0882. The quantitative estimate of drug-likeness (QED) is 0.786. The second kappa shape index (κ2) is 6.54. The van der Waals surface area contributed by atoms with Crippen LogP contribution in [0.5, 0.6) is 0 Å². The van der Waals surface area contributed by atoms with Crippen molar-refractivity contribution >= 4 is 11.6 Å². The lowest BCUT2D eigenvalue weighted by molar-refractivity contribution is 0.0342. The molecular weight excluding hydrogens is 242 g/mol. The van der Waals surface area contributed by atoms with Crippen LogP contribution in [-0.2, 0) is 4.74 Å². The molecule has 1 aromatic carbocycles. The number of ether oxygens (including phenoxy) is 1. The molecule has 1 aliphatic rings. The van der Waals surface area contributed by atoms with Gasteiger partial charge in [0.15, 0.2) is 0 Å². The summed E-state index contributed by atoms with van der Waals surface area (Å²) >= 11 is 0. The van der Waals surface area contributed by atoms with Crippen molar-refractivity contribution in [2.24, 2.45) is 0 Å². The standard InChI is InChI=1S/C14H21N3O2/c1-11(10-17-6-8-19-9-7-17)16-14(18)12-4-2-3-5-13(12)15/h2-5,11H,6-10,15H2,1H3,(H,16,18). The third-order valence-electron chi connectivity index (χ3n) is 3.22. The highest BCUT2D eigenvalue weighted by atomic mass is 16.5. The molecule has 5 heteroatoms. The molecular formula is C14H21N3O2. The Morgan fingerprint density at radius 1 is 1.42 bits per heavy atom. The van der Waals surface area contributed by atoms with Crippen LogP contribution in [0, 0.1) is 0 Å². The SMILES string of the molecule is CC(CN1CCOCC1)NC(=O)c1ccccc1N. The van der Waals surface area contributed by atoms with Gasteiger partial charge in [-0.25, -0.2) is 0 Å². The van der Waals surface area contributed by atoms with E-state index in [-0.39, 0.29) is 11.9 Å². The number of para-hydroxylation sites is 1. The van der Waals surface area contributed by atoms with Crippen molar-refractivity contribution in [3.05, 3.63) is 29.8 Å². The van der Waals surface area contributed by atoms with Gasteiger partial charge >= 0.3 is 0 Å². The summed E-state index contributed by atoms with van der Waals surface area (Å²) in [5.74, 6) is -0.112. The Morgan fingerprint density at radius 2 is 2.11 bits per heavy atom. The molecule has 3 N–H and O–H groups in total. The van der Waals surface area contributed by atoms with E-state index in [0.29, 0.717) is 11.3 Å². The molecule has 19 heavy (non-hydrogen) atoms. The first-order valence-electron chi connectivity index (χ1n) is 6.62. The van der Waals surface area contributed by atoms with Gasteiger partial charge in [-0.1, -0.05) is 12.1 Å². The maximum atomic E-state index is 12.1. The molecule has 1 fully saturated rings. The van der Waals surface area contributed by atoms with Crippen LogP contribution in [0.3, 0.4) is 0 Å². The average Bonchev–Trinajstić information content (AvgIpc) is 2.40. The Hall–Kier alpha value is -1.59. The number of hydrogen-bond acceptors (Lipinski definition) is 4. The molecule has 0 bridgehead atoms. The minimum atomic E-state index is -0.112. The highest BCUT2D eigenvalue weighted by Crippen LogP contribution is 2.10. The van der Waals surface area contributed by atoms with Crippen molar-refractivity contribution in [3.8, 4) is 0 Å². The van der Waals surface area contributed by atoms with Gasteiger partial charge in [0.1, 0.15) is 0 Å². The van der Waals surface area contributed by atoms with Gasteiger partial charge < -0.3 is 15.8 Å². The fourth-order valence-electron chi connectivity index (χ4n) is 2.22. The van der Waals surface area contributed by atoms with Crippen molar-refractivity contribution in [3.63, 3.8) is 0 Å². The normalized spacial score (nSPS) is 17.9. The highest BCUT2D eigenvalue weighted by Gasteiger charge is 2.16. The number of hydrogen-bond donors (Lipinski definition) is 2. The fraction of sp³-hybridized carbons (Fsp3) is 0.500. The first-order valence-corrected chi connectivity index (χ1v) is 6.62. The van der Waals surface area contributed by atoms with Crippen LogP contribution in [0.2, 0.25) is 0 Å². The molecule has 1 amide bonds.